The minimum atomic E-state index is -0.457. The molecular weight excluding hydrogens is 230 g/mol. The van der Waals surface area contributed by atoms with Crippen LogP contribution in [0.15, 0.2) is 18.2 Å². The molecule has 1 heterocycles. The summed E-state index contributed by atoms with van der Waals surface area (Å²) in [6.07, 6.45) is 2.91. The second-order valence-electron chi connectivity index (χ2n) is 5.11. The maximum Gasteiger partial charge on any atom is 0.161 e. The first-order chi connectivity index (χ1) is 8.75. The van der Waals surface area contributed by atoms with Crippen molar-refractivity contribution in [3.05, 3.63) is 23.8 Å². The van der Waals surface area contributed by atoms with E-state index in [0.29, 0.717) is 19.1 Å². The first kappa shape index (κ1) is 11.8. The van der Waals surface area contributed by atoms with Crippen LogP contribution in [0.4, 0.5) is 0 Å². The third-order valence-corrected chi connectivity index (χ3v) is 3.95. The molecule has 4 nitrogen and oxygen atoms in total. The first-order valence-corrected chi connectivity index (χ1v) is 6.59. The minimum Gasteiger partial charge on any atom is -0.486 e. The summed E-state index contributed by atoms with van der Waals surface area (Å²) in [7, 11) is 0. The number of ether oxygens (including phenoxy) is 2. The molecule has 1 fully saturated rings. The lowest BCUT2D eigenvalue weighted by Crippen LogP contribution is -2.36. The van der Waals surface area contributed by atoms with Gasteiger partial charge >= 0.3 is 0 Å². The van der Waals surface area contributed by atoms with Crippen LogP contribution >= 0.6 is 0 Å². The van der Waals surface area contributed by atoms with Crippen molar-refractivity contribution in [2.75, 3.05) is 13.2 Å². The summed E-state index contributed by atoms with van der Waals surface area (Å²) >= 11 is 0. The fourth-order valence-electron chi connectivity index (χ4n) is 2.54. The number of hydrogen-bond donors (Lipinski definition) is 2. The Hall–Kier alpha value is -1.26. The average molecular weight is 249 g/mol. The van der Waals surface area contributed by atoms with Gasteiger partial charge in [0.1, 0.15) is 13.2 Å². The van der Waals surface area contributed by atoms with Gasteiger partial charge in [0.05, 0.1) is 12.1 Å². The lowest BCUT2D eigenvalue weighted by molar-refractivity contribution is 0.0412. The van der Waals surface area contributed by atoms with Crippen molar-refractivity contribution in [2.45, 2.75) is 31.4 Å². The maximum absolute atomic E-state index is 10.2. The van der Waals surface area contributed by atoms with Crippen molar-refractivity contribution in [2.24, 2.45) is 11.7 Å². The molecule has 0 radical (unpaired) electrons. The monoisotopic (exact) mass is 249 g/mol. The van der Waals surface area contributed by atoms with Gasteiger partial charge in [0.2, 0.25) is 0 Å². The lowest BCUT2D eigenvalue weighted by atomic mass is 9.77. The Kier molecular flexibility index (Phi) is 3.14. The first-order valence-electron chi connectivity index (χ1n) is 6.59. The second kappa shape index (κ2) is 4.78. The quantitative estimate of drug-likeness (QED) is 0.854. The summed E-state index contributed by atoms with van der Waals surface area (Å²) in [4.78, 5) is 0. The average Bonchev–Trinajstić information content (AvgIpc) is 2.35. The summed E-state index contributed by atoms with van der Waals surface area (Å²) in [5, 5.41) is 10.2. The Balaban J connectivity index is 1.78. The van der Waals surface area contributed by atoms with Crippen molar-refractivity contribution in [3.63, 3.8) is 0 Å². The molecule has 3 N–H and O–H groups in total. The van der Waals surface area contributed by atoms with Crippen molar-refractivity contribution in [1.29, 1.82) is 0 Å². The molecular formula is C14H19NO3. The number of rotatable bonds is 3. The molecule has 0 amide bonds. The number of aliphatic hydroxyl groups excluding tert-OH is 1. The zero-order valence-corrected chi connectivity index (χ0v) is 10.3. The highest BCUT2D eigenvalue weighted by molar-refractivity contribution is 5.44. The van der Waals surface area contributed by atoms with E-state index in [2.05, 4.69) is 0 Å². The van der Waals surface area contributed by atoms with E-state index in [4.69, 9.17) is 15.2 Å². The highest BCUT2D eigenvalue weighted by Crippen LogP contribution is 2.37. The van der Waals surface area contributed by atoms with Gasteiger partial charge < -0.3 is 20.3 Å². The zero-order chi connectivity index (χ0) is 12.5. The van der Waals surface area contributed by atoms with Crippen molar-refractivity contribution >= 4 is 0 Å². The number of nitrogens with two attached hydrogens (primary N) is 1. The molecule has 1 aromatic rings. The van der Waals surface area contributed by atoms with Gasteiger partial charge in [-0.2, -0.15) is 0 Å². The topological polar surface area (TPSA) is 64.7 Å². The van der Waals surface area contributed by atoms with Gasteiger partial charge in [-0.1, -0.05) is 12.5 Å². The minimum absolute atomic E-state index is 0.342. The van der Waals surface area contributed by atoms with Crippen LogP contribution in [0.25, 0.3) is 0 Å². The van der Waals surface area contributed by atoms with E-state index < -0.39 is 6.10 Å². The second-order valence-corrected chi connectivity index (χ2v) is 5.11. The molecule has 2 aliphatic rings. The van der Waals surface area contributed by atoms with Crippen molar-refractivity contribution in [3.8, 4) is 11.5 Å². The Labute approximate surface area is 107 Å². The zero-order valence-electron chi connectivity index (χ0n) is 10.3. The number of hydrogen-bond acceptors (Lipinski definition) is 4. The van der Waals surface area contributed by atoms with Crippen LogP contribution in [0, 0.1) is 5.92 Å². The van der Waals surface area contributed by atoms with Gasteiger partial charge in [0.25, 0.3) is 0 Å². The maximum atomic E-state index is 10.2. The number of aliphatic hydroxyl groups is 1. The van der Waals surface area contributed by atoms with Gasteiger partial charge in [0.15, 0.2) is 11.5 Å². The van der Waals surface area contributed by atoms with Crippen LogP contribution in [-0.4, -0.2) is 24.4 Å². The van der Waals surface area contributed by atoms with Gasteiger partial charge in [0, 0.05) is 0 Å². The summed E-state index contributed by atoms with van der Waals surface area (Å²) in [6.45, 7) is 1.15. The summed E-state index contributed by atoms with van der Waals surface area (Å²) in [5.41, 5.74) is 7.05. The van der Waals surface area contributed by atoms with E-state index in [0.717, 1.165) is 29.9 Å². The van der Waals surface area contributed by atoms with E-state index in [1.54, 1.807) is 0 Å². The molecule has 1 aromatic carbocycles. The van der Waals surface area contributed by atoms with Crippen LogP contribution in [0.2, 0.25) is 0 Å². The summed E-state index contributed by atoms with van der Waals surface area (Å²) < 4.78 is 11.0. The fraction of sp³-hybridized carbons (Fsp3) is 0.571. The van der Waals surface area contributed by atoms with Crippen molar-refractivity contribution in [1.82, 2.24) is 0 Å². The van der Waals surface area contributed by atoms with Crippen LogP contribution in [0.5, 0.6) is 11.5 Å². The molecule has 1 aliphatic heterocycles. The molecule has 3 rings (SSSR count). The predicted molar refractivity (Wildman–Crippen MR) is 67.7 cm³/mol. The van der Waals surface area contributed by atoms with E-state index in [1.807, 2.05) is 18.2 Å². The number of benzene rings is 1. The third-order valence-electron chi connectivity index (χ3n) is 3.95. The molecule has 1 saturated carbocycles. The smallest absolute Gasteiger partial charge is 0.161 e. The Morgan fingerprint density at radius 3 is 2.56 bits per heavy atom. The molecule has 0 bridgehead atoms. The standard InChI is InChI=1S/C14H19NO3/c15-13(14(16)9-2-1-3-9)10-4-5-11-12(8-10)18-7-6-17-11/h4-5,8-9,13-14,16H,1-3,6-7,15H2/t13-,14+/m1/s1. The molecule has 0 unspecified atom stereocenters. The van der Waals surface area contributed by atoms with E-state index >= 15 is 0 Å². The Morgan fingerprint density at radius 2 is 1.89 bits per heavy atom. The van der Waals surface area contributed by atoms with Crippen molar-refractivity contribution < 1.29 is 14.6 Å². The van der Waals surface area contributed by atoms with Gasteiger partial charge in [-0.25, -0.2) is 0 Å². The highest BCUT2D eigenvalue weighted by atomic mass is 16.6. The fourth-order valence-corrected chi connectivity index (χ4v) is 2.54. The van der Waals surface area contributed by atoms with Gasteiger partial charge in [-0.05, 0) is 36.5 Å². The van der Waals surface area contributed by atoms with E-state index in [9.17, 15) is 5.11 Å². The molecule has 4 heteroatoms. The molecule has 18 heavy (non-hydrogen) atoms. The van der Waals surface area contributed by atoms with Crippen LogP contribution in [0.3, 0.4) is 0 Å². The largest absolute Gasteiger partial charge is 0.486 e. The molecule has 0 spiro atoms. The molecule has 98 valence electrons. The lowest BCUT2D eigenvalue weighted by Gasteiger charge is -2.34. The molecule has 0 aromatic heterocycles. The molecule has 1 aliphatic carbocycles. The number of fused-ring (bicyclic) bond motifs is 1. The van der Waals surface area contributed by atoms with Crippen LogP contribution < -0.4 is 15.2 Å². The highest BCUT2D eigenvalue weighted by Gasteiger charge is 2.31. The molecule has 0 saturated heterocycles. The molecule has 2 atom stereocenters. The van der Waals surface area contributed by atoms with E-state index in [1.165, 1.54) is 6.42 Å². The van der Waals surface area contributed by atoms with Crippen LogP contribution in [0.1, 0.15) is 30.9 Å². The van der Waals surface area contributed by atoms with Gasteiger partial charge in [-0.3, -0.25) is 0 Å². The third kappa shape index (κ3) is 2.06. The normalized spacial score (nSPS) is 22.1. The summed E-state index contributed by atoms with van der Waals surface area (Å²) in [6, 6.07) is 5.34. The Morgan fingerprint density at radius 1 is 1.17 bits per heavy atom. The summed E-state index contributed by atoms with van der Waals surface area (Å²) in [5.74, 6) is 1.85. The van der Waals surface area contributed by atoms with Crippen LogP contribution in [-0.2, 0) is 0 Å². The Bertz CT molecular complexity index is 431. The predicted octanol–water partition coefficient (Wildman–Crippen LogP) is 1.62. The van der Waals surface area contributed by atoms with E-state index in [-0.39, 0.29) is 6.04 Å². The SMILES string of the molecule is N[C@H](c1ccc2c(c1)OCCO2)[C@@H](O)C1CCC1. The van der Waals surface area contributed by atoms with Gasteiger partial charge in [-0.15, -0.1) is 0 Å².